The zero-order valence-electron chi connectivity index (χ0n) is 8.20. The van der Waals surface area contributed by atoms with Crippen LogP contribution in [0.5, 0.6) is 0 Å². The van der Waals surface area contributed by atoms with Gasteiger partial charge in [0.1, 0.15) is 6.61 Å². The van der Waals surface area contributed by atoms with Crippen molar-refractivity contribution in [2.24, 2.45) is 0 Å². The average molecular weight is 268 g/mol. The summed E-state index contributed by atoms with van der Waals surface area (Å²) in [5, 5.41) is 6.93. The lowest BCUT2D eigenvalue weighted by Crippen LogP contribution is -1.89. The maximum Gasteiger partial charge on any atom is 0.181 e. The maximum atomic E-state index is 4.95. The molecule has 1 heterocycles. The van der Waals surface area contributed by atoms with Crippen LogP contribution in [0.3, 0.4) is 0 Å². The molecule has 0 amide bonds. The molecule has 1 aromatic carbocycles. The quantitative estimate of drug-likeness (QED) is 0.929. The topological polar surface area (TPSA) is 50.8 Å². The molecule has 1 N–H and O–H groups in total. The van der Waals surface area contributed by atoms with Crippen LogP contribution in [0.25, 0.3) is 11.4 Å². The van der Waals surface area contributed by atoms with Gasteiger partial charge in [-0.3, -0.25) is 5.10 Å². The number of nitrogens with one attached hydrogen (secondary N) is 1. The van der Waals surface area contributed by atoms with Crippen LogP contribution in [0.2, 0.25) is 0 Å². The van der Waals surface area contributed by atoms with Crippen molar-refractivity contribution >= 4 is 15.9 Å². The Balaban J connectivity index is 2.25. The molecule has 15 heavy (non-hydrogen) atoms. The van der Waals surface area contributed by atoms with Crippen molar-refractivity contribution in [1.29, 1.82) is 0 Å². The van der Waals surface area contributed by atoms with E-state index in [1.54, 1.807) is 7.11 Å². The first-order valence-corrected chi connectivity index (χ1v) is 5.25. The Kier molecular flexibility index (Phi) is 3.13. The van der Waals surface area contributed by atoms with Gasteiger partial charge in [-0.2, -0.15) is 5.10 Å². The Morgan fingerprint density at radius 3 is 2.73 bits per heavy atom. The van der Waals surface area contributed by atoms with E-state index in [1.165, 1.54) is 0 Å². The summed E-state index contributed by atoms with van der Waals surface area (Å²) in [6.45, 7) is 0.448. The molecule has 0 aliphatic heterocycles. The number of nitrogens with zero attached hydrogens (tertiary/aromatic N) is 2. The van der Waals surface area contributed by atoms with Crippen molar-refractivity contribution in [3.8, 4) is 11.4 Å². The summed E-state index contributed by atoms with van der Waals surface area (Å²) < 4.78 is 6.00. The van der Waals surface area contributed by atoms with Gasteiger partial charge in [-0.05, 0) is 12.1 Å². The number of hydrogen-bond donors (Lipinski definition) is 1. The highest BCUT2D eigenvalue weighted by Gasteiger charge is 2.04. The summed E-state index contributed by atoms with van der Waals surface area (Å²) in [5.74, 6) is 1.42. The summed E-state index contributed by atoms with van der Waals surface area (Å²) in [5.41, 5.74) is 0.983. The lowest BCUT2D eigenvalue weighted by molar-refractivity contribution is 0.178. The van der Waals surface area contributed by atoms with E-state index in [0.29, 0.717) is 12.4 Å². The Bertz CT molecular complexity index is 438. The van der Waals surface area contributed by atoms with Gasteiger partial charge in [0, 0.05) is 17.1 Å². The van der Waals surface area contributed by atoms with Crippen molar-refractivity contribution in [1.82, 2.24) is 15.2 Å². The Morgan fingerprint density at radius 2 is 2.07 bits per heavy atom. The fraction of sp³-hybridized carbons (Fsp3) is 0.200. The summed E-state index contributed by atoms with van der Waals surface area (Å²) in [6.07, 6.45) is 0. The third kappa shape index (κ3) is 2.43. The molecule has 0 fully saturated rings. The number of ether oxygens (including phenoxy) is 1. The molecule has 0 atom stereocenters. The zero-order chi connectivity index (χ0) is 10.7. The van der Waals surface area contributed by atoms with E-state index < -0.39 is 0 Å². The van der Waals surface area contributed by atoms with Gasteiger partial charge >= 0.3 is 0 Å². The van der Waals surface area contributed by atoms with E-state index in [0.717, 1.165) is 15.9 Å². The largest absolute Gasteiger partial charge is 0.377 e. The monoisotopic (exact) mass is 267 g/mol. The fourth-order valence-corrected chi connectivity index (χ4v) is 1.49. The molecule has 0 saturated heterocycles. The maximum absolute atomic E-state index is 4.95. The number of H-pyrrole nitrogens is 1. The third-order valence-corrected chi connectivity index (χ3v) is 2.44. The third-order valence-electron chi connectivity index (χ3n) is 1.92. The summed E-state index contributed by atoms with van der Waals surface area (Å²) in [4.78, 5) is 4.29. The van der Waals surface area contributed by atoms with E-state index in [1.807, 2.05) is 24.3 Å². The normalized spacial score (nSPS) is 10.5. The van der Waals surface area contributed by atoms with Crippen LogP contribution >= 0.6 is 15.9 Å². The van der Waals surface area contributed by atoms with E-state index in [-0.39, 0.29) is 0 Å². The molecule has 1 aromatic heterocycles. The van der Waals surface area contributed by atoms with Gasteiger partial charge < -0.3 is 4.74 Å². The molecule has 0 unspecified atom stereocenters. The molecule has 5 heteroatoms. The van der Waals surface area contributed by atoms with Gasteiger partial charge in [0.15, 0.2) is 11.6 Å². The van der Waals surface area contributed by atoms with Crippen molar-refractivity contribution in [3.63, 3.8) is 0 Å². The van der Waals surface area contributed by atoms with Crippen LogP contribution in [-0.2, 0) is 11.3 Å². The van der Waals surface area contributed by atoms with Crippen molar-refractivity contribution < 1.29 is 4.74 Å². The number of aromatic nitrogens is 3. The van der Waals surface area contributed by atoms with Crippen LogP contribution in [0, 0.1) is 0 Å². The van der Waals surface area contributed by atoms with E-state index >= 15 is 0 Å². The SMILES string of the molecule is COCc1nc(-c2ccc(Br)cc2)n[nH]1. The van der Waals surface area contributed by atoms with Crippen LogP contribution < -0.4 is 0 Å². The summed E-state index contributed by atoms with van der Waals surface area (Å²) in [7, 11) is 1.63. The molecule has 0 aliphatic rings. The van der Waals surface area contributed by atoms with E-state index in [4.69, 9.17) is 4.74 Å². The van der Waals surface area contributed by atoms with Crippen LogP contribution in [0.1, 0.15) is 5.82 Å². The van der Waals surface area contributed by atoms with Gasteiger partial charge in [0.05, 0.1) is 0 Å². The fourth-order valence-electron chi connectivity index (χ4n) is 1.22. The Morgan fingerprint density at radius 1 is 1.33 bits per heavy atom. The zero-order valence-corrected chi connectivity index (χ0v) is 9.78. The van der Waals surface area contributed by atoms with Crippen LogP contribution in [0.15, 0.2) is 28.7 Å². The average Bonchev–Trinajstić information content (AvgIpc) is 2.68. The molecule has 2 aromatic rings. The molecule has 0 bridgehead atoms. The lowest BCUT2D eigenvalue weighted by atomic mass is 10.2. The van der Waals surface area contributed by atoms with Gasteiger partial charge in [-0.25, -0.2) is 4.98 Å². The van der Waals surface area contributed by atoms with Crippen LogP contribution in [-0.4, -0.2) is 22.3 Å². The van der Waals surface area contributed by atoms with Crippen molar-refractivity contribution in [3.05, 3.63) is 34.6 Å². The summed E-state index contributed by atoms with van der Waals surface area (Å²) in [6, 6.07) is 7.84. The molecule has 0 saturated carbocycles. The Hall–Kier alpha value is -1.20. The van der Waals surface area contributed by atoms with Crippen molar-refractivity contribution in [2.45, 2.75) is 6.61 Å². The second-order valence-electron chi connectivity index (χ2n) is 3.05. The van der Waals surface area contributed by atoms with Crippen molar-refractivity contribution in [2.75, 3.05) is 7.11 Å². The van der Waals surface area contributed by atoms with Gasteiger partial charge in [0.2, 0.25) is 0 Å². The molecule has 0 aliphatic carbocycles. The lowest BCUT2D eigenvalue weighted by Gasteiger charge is -1.94. The molecule has 0 spiro atoms. The highest BCUT2D eigenvalue weighted by molar-refractivity contribution is 9.10. The van der Waals surface area contributed by atoms with E-state index in [9.17, 15) is 0 Å². The van der Waals surface area contributed by atoms with E-state index in [2.05, 4.69) is 31.1 Å². The standard InChI is InChI=1S/C10H10BrN3O/c1-15-6-9-12-10(14-13-9)7-2-4-8(11)5-3-7/h2-5H,6H2,1H3,(H,12,13,14). The summed E-state index contributed by atoms with van der Waals surface area (Å²) >= 11 is 3.38. The second kappa shape index (κ2) is 4.55. The first kappa shape index (κ1) is 10.3. The highest BCUT2D eigenvalue weighted by Crippen LogP contribution is 2.18. The predicted molar refractivity (Wildman–Crippen MR) is 60.2 cm³/mol. The molecular weight excluding hydrogens is 258 g/mol. The molecule has 78 valence electrons. The molecule has 0 radical (unpaired) electrons. The number of aromatic amines is 1. The van der Waals surface area contributed by atoms with Gasteiger partial charge in [-0.1, -0.05) is 28.1 Å². The molecular formula is C10H10BrN3O. The molecule has 4 nitrogen and oxygen atoms in total. The second-order valence-corrected chi connectivity index (χ2v) is 3.96. The first-order valence-electron chi connectivity index (χ1n) is 4.46. The minimum absolute atomic E-state index is 0.448. The minimum atomic E-state index is 0.448. The smallest absolute Gasteiger partial charge is 0.181 e. The van der Waals surface area contributed by atoms with Gasteiger partial charge in [0.25, 0.3) is 0 Å². The first-order chi connectivity index (χ1) is 7.29. The predicted octanol–water partition coefficient (Wildman–Crippen LogP) is 2.38. The van der Waals surface area contributed by atoms with Crippen LogP contribution in [0.4, 0.5) is 0 Å². The van der Waals surface area contributed by atoms with Gasteiger partial charge in [-0.15, -0.1) is 0 Å². The number of methoxy groups -OCH3 is 1. The number of halogens is 1. The minimum Gasteiger partial charge on any atom is -0.377 e. The highest BCUT2D eigenvalue weighted by atomic mass is 79.9. The Labute approximate surface area is 95.8 Å². The number of hydrogen-bond acceptors (Lipinski definition) is 3. The number of benzene rings is 1. The molecule has 2 rings (SSSR count). The number of rotatable bonds is 3.